The summed E-state index contributed by atoms with van der Waals surface area (Å²) in [5.74, 6) is -0.472. The molecule has 3 N–H and O–H groups in total. The van der Waals surface area contributed by atoms with Crippen LogP contribution < -0.4 is 10.6 Å². The van der Waals surface area contributed by atoms with Crippen molar-refractivity contribution in [3.8, 4) is 0 Å². The largest absolute Gasteiger partial charge is 0.481 e. The number of hydrogen-bond donors (Lipinski definition) is 3. The SMILES string of the molecule is CCc1ccc(CNC(=O)NCCC(C)CCC(=O)O)s1. The highest BCUT2D eigenvalue weighted by molar-refractivity contribution is 7.11. The van der Waals surface area contributed by atoms with Gasteiger partial charge in [0.2, 0.25) is 0 Å². The van der Waals surface area contributed by atoms with Crippen LogP contribution in [0.15, 0.2) is 12.1 Å². The molecule has 1 unspecified atom stereocenters. The predicted octanol–water partition coefficient (Wildman–Crippen LogP) is 3.00. The van der Waals surface area contributed by atoms with Crippen LogP contribution in [0.4, 0.5) is 4.79 Å². The maximum absolute atomic E-state index is 11.6. The van der Waals surface area contributed by atoms with Crippen LogP contribution >= 0.6 is 11.3 Å². The van der Waals surface area contributed by atoms with E-state index in [1.165, 1.54) is 4.88 Å². The number of urea groups is 1. The Bertz CT molecular complexity index is 460. The first-order valence-electron chi connectivity index (χ1n) is 7.32. The molecule has 0 saturated carbocycles. The smallest absolute Gasteiger partial charge is 0.315 e. The van der Waals surface area contributed by atoms with Crippen LogP contribution in [0.25, 0.3) is 0 Å². The second-order valence-corrected chi connectivity index (χ2v) is 6.41. The molecule has 0 spiro atoms. The molecule has 1 rings (SSSR count). The minimum Gasteiger partial charge on any atom is -0.481 e. The van der Waals surface area contributed by atoms with Crippen LogP contribution in [0.1, 0.15) is 42.9 Å². The molecule has 0 aliphatic rings. The molecule has 1 aromatic rings. The van der Waals surface area contributed by atoms with Gasteiger partial charge >= 0.3 is 12.0 Å². The number of carboxylic acid groups (broad SMARTS) is 1. The number of aryl methyl sites for hydroxylation is 1. The minimum atomic E-state index is -0.769. The number of carboxylic acids is 1. The van der Waals surface area contributed by atoms with Crippen molar-refractivity contribution < 1.29 is 14.7 Å². The van der Waals surface area contributed by atoms with E-state index in [1.54, 1.807) is 11.3 Å². The van der Waals surface area contributed by atoms with Crippen molar-refractivity contribution >= 4 is 23.3 Å². The fourth-order valence-electron chi connectivity index (χ4n) is 1.88. The number of thiophene rings is 1. The molecule has 1 atom stereocenters. The number of nitrogens with one attached hydrogen (secondary N) is 2. The molecular weight excluding hydrogens is 288 g/mol. The van der Waals surface area contributed by atoms with Crippen molar-refractivity contribution in [3.63, 3.8) is 0 Å². The van der Waals surface area contributed by atoms with E-state index in [9.17, 15) is 9.59 Å². The van der Waals surface area contributed by atoms with E-state index < -0.39 is 5.97 Å². The van der Waals surface area contributed by atoms with Gasteiger partial charge in [-0.2, -0.15) is 0 Å². The van der Waals surface area contributed by atoms with Gasteiger partial charge in [0, 0.05) is 22.7 Å². The van der Waals surface area contributed by atoms with Crippen LogP contribution in [0, 0.1) is 5.92 Å². The van der Waals surface area contributed by atoms with Gasteiger partial charge in [0.15, 0.2) is 0 Å². The maximum Gasteiger partial charge on any atom is 0.315 e. The van der Waals surface area contributed by atoms with Crippen LogP contribution in [0.5, 0.6) is 0 Å². The topological polar surface area (TPSA) is 78.4 Å². The first-order valence-corrected chi connectivity index (χ1v) is 8.14. The zero-order valence-electron chi connectivity index (χ0n) is 12.6. The van der Waals surface area contributed by atoms with Gasteiger partial charge in [0.1, 0.15) is 0 Å². The first kappa shape index (κ1) is 17.5. The van der Waals surface area contributed by atoms with Gasteiger partial charge in [-0.1, -0.05) is 13.8 Å². The van der Waals surface area contributed by atoms with Crippen LogP contribution in [-0.4, -0.2) is 23.7 Å². The average molecular weight is 312 g/mol. The maximum atomic E-state index is 11.6. The number of rotatable bonds is 9. The molecule has 118 valence electrons. The van der Waals surface area contributed by atoms with E-state index in [1.807, 2.05) is 13.0 Å². The molecule has 2 amide bonds. The highest BCUT2D eigenvalue weighted by Gasteiger charge is 2.07. The third-order valence-corrected chi connectivity index (χ3v) is 4.49. The summed E-state index contributed by atoms with van der Waals surface area (Å²) in [6, 6.07) is 3.95. The van der Waals surface area contributed by atoms with Crippen LogP contribution in [0.3, 0.4) is 0 Å². The third-order valence-electron chi connectivity index (χ3n) is 3.26. The lowest BCUT2D eigenvalue weighted by Crippen LogP contribution is -2.35. The average Bonchev–Trinajstić information content (AvgIpc) is 2.91. The lowest BCUT2D eigenvalue weighted by Gasteiger charge is -2.11. The Morgan fingerprint density at radius 1 is 1.24 bits per heavy atom. The Kier molecular flexibility index (Phi) is 7.82. The molecule has 6 heteroatoms. The summed E-state index contributed by atoms with van der Waals surface area (Å²) in [4.78, 5) is 24.5. The van der Waals surface area contributed by atoms with E-state index in [0.717, 1.165) is 17.7 Å². The standard InChI is InChI=1S/C15H24N2O3S/c1-3-12-5-6-13(21-12)10-17-15(20)16-9-8-11(2)4-7-14(18)19/h5-6,11H,3-4,7-10H2,1-2H3,(H,18,19)(H2,16,17,20). The molecule has 0 aliphatic carbocycles. The van der Waals surface area contributed by atoms with Gasteiger partial charge in [-0.15, -0.1) is 11.3 Å². The van der Waals surface area contributed by atoms with E-state index >= 15 is 0 Å². The summed E-state index contributed by atoms with van der Waals surface area (Å²) in [6.45, 7) is 5.23. The van der Waals surface area contributed by atoms with Crippen molar-refractivity contribution in [1.29, 1.82) is 0 Å². The Balaban J connectivity index is 2.12. The molecule has 0 bridgehead atoms. The molecule has 0 saturated heterocycles. The van der Waals surface area contributed by atoms with Gasteiger partial charge in [0.05, 0.1) is 6.54 Å². The summed E-state index contributed by atoms with van der Waals surface area (Å²) < 4.78 is 0. The predicted molar refractivity (Wildman–Crippen MR) is 84.6 cm³/mol. The van der Waals surface area contributed by atoms with Crippen molar-refractivity contribution in [2.45, 2.75) is 46.1 Å². The van der Waals surface area contributed by atoms with Crippen LogP contribution in [-0.2, 0) is 17.8 Å². The Morgan fingerprint density at radius 3 is 2.57 bits per heavy atom. The van der Waals surface area contributed by atoms with E-state index in [4.69, 9.17) is 5.11 Å². The quantitative estimate of drug-likeness (QED) is 0.656. The molecular formula is C15H24N2O3S. The lowest BCUT2D eigenvalue weighted by atomic mass is 10.0. The van der Waals surface area contributed by atoms with Crippen LogP contribution in [0.2, 0.25) is 0 Å². The second kappa shape index (κ2) is 9.39. The molecule has 5 nitrogen and oxygen atoms in total. The van der Waals surface area contributed by atoms with Crippen molar-refractivity contribution in [3.05, 3.63) is 21.9 Å². The number of amides is 2. The Morgan fingerprint density at radius 2 is 1.95 bits per heavy atom. The zero-order chi connectivity index (χ0) is 15.7. The summed E-state index contributed by atoms with van der Waals surface area (Å²) >= 11 is 1.71. The number of carbonyl (C=O) groups excluding carboxylic acids is 1. The molecule has 0 aliphatic heterocycles. The van der Waals surface area contributed by atoms with Gasteiger partial charge in [0.25, 0.3) is 0 Å². The molecule has 0 radical (unpaired) electrons. The molecule has 21 heavy (non-hydrogen) atoms. The third kappa shape index (κ3) is 7.70. The summed E-state index contributed by atoms with van der Waals surface area (Å²) in [5.41, 5.74) is 0. The van der Waals surface area contributed by atoms with Crippen molar-refractivity contribution in [2.75, 3.05) is 6.54 Å². The zero-order valence-corrected chi connectivity index (χ0v) is 13.5. The fraction of sp³-hybridized carbons (Fsp3) is 0.600. The molecule has 0 aromatic carbocycles. The Labute approximate surface area is 129 Å². The van der Waals surface area contributed by atoms with Crippen molar-refractivity contribution in [2.24, 2.45) is 5.92 Å². The van der Waals surface area contributed by atoms with Gasteiger partial charge in [-0.25, -0.2) is 4.79 Å². The molecule has 1 heterocycles. The Hall–Kier alpha value is -1.56. The summed E-state index contributed by atoms with van der Waals surface area (Å²) in [5, 5.41) is 14.2. The fourth-order valence-corrected chi connectivity index (χ4v) is 2.78. The summed E-state index contributed by atoms with van der Waals surface area (Å²) in [7, 11) is 0. The monoisotopic (exact) mass is 312 g/mol. The van der Waals surface area contributed by atoms with E-state index in [0.29, 0.717) is 25.4 Å². The first-order chi connectivity index (χ1) is 10.0. The highest BCUT2D eigenvalue weighted by Crippen LogP contribution is 2.16. The summed E-state index contributed by atoms with van der Waals surface area (Å²) in [6.07, 6.45) is 2.64. The van der Waals surface area contributed by atoms with E-state index in [-0.39, 0.29) is 12.5 Å². The molecule has 1 aromatic heterocycles. The van der Waals surface area contributed by atoms with Gasteiger partial charge in [-0.05, 0) is 37.3 Å². The lowest BCUT2D eigenvalue weighted by molar-refractivity contribution is -0.137. The second-order valence-electron chi connectivity index (χ2n) is 5.16. The molecule has 0 fully saturated rings. The number of carbonyl (C=O) groups is 2. The van der Waals surface area contributed by atoms with E-state index in [2.05, 4.69) is 23.6 Å². The van der Waals surface area contributed by atoms with Gasteiger partial charge < -0.3 is 15.7 Å². The normalized spacial score (nSPS) is 11.9. The van der Waals surface area contributed by atoms with Crippen molar-refractivity contribution in [1.82, 2.24) is 10.6 Å². The minimum absolute atomic E-state index is 0.174. The number of hydrogen-bond acceptors (Lipinski definition) is 3. The van der Waals surface area contributed by atoms with Gasteiger partial charge in [-0.3, -0.25) is 4.79 Å². The number of aliphatic carboxylic acids is 1. The highest BCUT2D eigenvalue weighted by atomic mass is 32.1.